The second kappa shape index (κ2) is 5.71. The topological polar surface area (TPSA) is 53.4 Å². The maximum Gasteiger partial charge on any atom is 0.347 e. The number of aromatic carboxylic acids is 1. The standard InChI is InChI=1S/C13H13BrN2O2S/c1-8-11(12(17)18)19-13(15-8)16(2)7-9-4-3-5-10(14)6-9/h3-6H,7H2,1-2H3,(H,17,18). The summed E-state index contributed by atoms with van der Waals surface area (Å²) >= 11 is 4.64. The Morgan fingerprint density at radius 3 is 2.84 bits per heavy atom. The van der Waals surface area contributed by atoms with Crippen LogP contribution < -0.4 is 4.90 Å². The van der Waals surface area contributed by atoms with Gasteiger partial charge in [0, 0.05) is 18.1 Å². The molecular formula is C13H13BrN2O2S. The highest BCUT2D eigenvalue weighted by molar-refractivity contribution is 9.10. The van der Waals surface area contributed by atoms with Crippen LogP contribution in [0.25, 0.3) is 0 Å². The van der Waals surface area contributed by atoms with Crippen molar-refractivity contribution in [3.05, 3.63) is 44.9 Å². The summed E-state index contributed by atoms with van der Waals surface area (Å²) in [5.41, 5.74) is 1.70. The van der Waals surface area contributed by atoms with E-state index in [0.717, 1.165) is 15.2 Å². The molecule has 0 aliphatic carbocycles. The van der Waals surface area contributed by atoms with Crippen LogP contribution in [0.15, 0.2) is 28.7 Å². The zero-order chi connectivity index (χ0) is 14.0. The highest BCUT2D eigenvalue weighted by Crippen LogP contribution is 2.26. The summed E-state index contributed by atoms with van der Waals surface area (Å²) in [4.78, 5) is 17.6. The third kappa shape index (κ3) is 3.33. The van der Waals surface area contributed by atoms with E-state index in [4.69, 9.17) is 5.11 Å². The number of carboxylic acids is 1. The average Bonchev–Trinajstić information content (AvgIpc) is 2.71. The van der Waals surface area contributed by atoms with Crippen molar-refractivity contribution in [1.82, 2.24) is 4.98 Å². The van der Waals surface area contributed by atoms with Crippen molar-refractivity contribution in [2.45, 2.75) is 13.5 Å². The highest BCUT2D eigenvalue weighted by Gasteiger charge is 2.16. The Kier molecular flexibility index (Phi) is 4.21. The number of halogens is 1. The fourth-order valence-corrected chi connectivity index (χ4v) is 3.03. The SMILES string of the molecule is Cc1nc(N(C)Cc2cccc(Br)c2)sc1C(=O)O. The molecule has 4 nitrogen and oxygen atoms in total. The minimum atomic E-state index is -0.919. The summed E-state index contributed by atoms with van der Waals surface area (Å²) in [6.45, 7) is 2.40. The lowest BCUT2D eigenvalue weighted by molar-refractivity contribution is 0.0701. The second-order valence-corrected chi connectivity index (χ2v) is 6.10. The van der Waals surface area contributed by atoms with Crippen LogP contribution in [0.1, 0.15) is 20.9 Å². The van der Waals surface area contributed by atoms with Crippen LogP contribution in [0.3, 0.4) is 0 Å². The van der Waals surface area contributed by atoms with Gasteiger partial charge in [0.1, 0.15) is 4.88 Å². The molecule has 0 amide bonds. The van der Waals surface area contributed by atoms with Crippen molar-refractivity contribution in [2.75, 3.05) is 11.9 Å². The largest absolute Gasteiger partial charge is 0.477 e. The average molecular weight is 341 g/mol. The molecule has 0 radical (unpaired) electrons. The van der Waals surface area contributed by atoms with Gasteiger partial charge in [0.2, 0.25) is 0 Å². The Balaban J connectivity index is 2.18. The van der Waals surface area contributed by atoms with Crippen molar-refractivity contribution in [3.63, 3.8) is 0 Å². The second-order valence-electron chi connectivity index (χ2n) is 4.20. The molecule has 2 rings (SSSR count). The molecule has 0 aliphatic rings. The third-order valence-electron chi connectivity index (χ3n) is 2.61. The van der Waals surface area contributed by atoms with Gasteiger partial charge in [-0.05, 0) is 24.6 Å². The smallest absolute Gasteiger partial charge is 0.347 e. The van der Waals surface area contributed by atoms with Crippen LogP contribution in [0.2, 0.25) is 0 Å². The lowest BCUT2D eigenvalue weighted by atomic mass is 10.2. The van der Waals surface area contributed by atoms with Crippen LogP contribution in [-0.4, -0.2) is 23.1 Å². The third-order valence-corrected chi connectivity index (χ3v) is 4.37. The number of aromatic nitrogens is 1. The molecule has 1 N–H and O–H groups in total. The van der Waals surface area contributed by atoms with Crippen molar-refractivity contribution in [1.29, 1.82) is 0 Å². The molecule has 0 fully saturated rings. The fourth-order valence-electron chi connectivity index (χ4n) is 1.72. The van der Waals surface area contributed by atoms with Gasteiger partial charge >= 0.3 is 5.97 Å². The van der Waals surface area contributed by atoms with E-state index in [1.165, 1.54) is 11.3 Å². The van der Waals surface area contributed by atoms with Gasteiger partial charge in [-0.2, -0.15) is 0 Å². The van der Waals surface area contributed by atoms with E-state index < -0.39 is 5.97 Å². The number of anilines is 1. The predicted molar refractivity (Wildman–Crippen MR) is 80.1 cm³/mol. The van der Waals surface area contributed by atoms with E-state index >= 15 is 0 Å². The number of carbonyl (C=O) groups is 1. The maximum atomic E-state index is 11.0. The predicted octanol–water partition coefficient (Wildman–Crippen LogP) is 3.55. The first-order valence-corrected chi connectivity index (χ1v) is 7.24. The summed E-state index contributed by atoms with van der Waals surface area (Å²) < 4.78 is 1.03. The van der Waals surface area contributed by atoms with Crippen LogP contribution >= 0.6 is 27.3 Å². The first-order valence-electron chi connectivity index (χ1n) is 5.63. The van der Waals surface area contributed by atoms with E-state index in [1.54, 1.807) is 6.92 Å². The number of rotatable bonds is 4. The summed E-state index contributed by atoms with van der Waals surface area (Å²) in [5.74, 6) is -0.919. The summed E-state index contributed by atoms with van der Waals surface area (Å²) in [6.07, 6.45) is 0. The van der Waals surface area contributed by atoms with Gasteiger partial charge < -0.3 is 10.0 Å². The number of benzene rings is 1. The molecule has 19 heavy (non-hydrogen) atoms. The highest BCUT2D eigenvalue weighted by atomic mass is 79.9. The Labute approximate surface area is 123 Å². The number of carboxylic acid groups (broad SMARTS) is 1. The van der Waals surface area contributed by atoms with Gasteiger partial charge in [0.05, 0.1) is 5.69 Å². The fraction of sp³-hybridized carbons (Fsp3) is 0.231. The van der Waals surface area contributed by atoms with Gasteiger partial charge in [-0.3, -0.25) is 0 Å². The van der Waals surface area contributed by atoms with Crippen molar-refractivity contribution < 1.29 is 9.90 Å². The number of nitrogens with zero attached hydrogens (tertiary/aromatic N) is 2. The van der Waals surface area contributed by atoms with Crippen LogP contribution in [0.5, 0.6) is 0 Å². The Morgan fingerprint density at radius 2 is 2.26 bits per heavy atom. The quantitative estimate of drug-likeness (QED) is 0.924. The van der Waals surface area contributed by atoms with Crippen LogP contribution in [0.4, 0.5) is 5.13 Å². The van der Waals surface area contributed by atoms with E-state index in [-0.39, 0.29) is 0 Å². The molecule has 0 saturated heterocycles. The summed E-state index contributed by atoms with van der Waals surface area (Å²) in [6, 6.07) is 8.01. The van der Waals surface area contributed by atoms with Gasteiger partial charge in [-0.25, -0.2) is 9.78 Å². The Hall–Kier alpha value is -1.40. The molecular weight excluding hydrogens is 328 g/mol. The molecule has 0 bridgehead atoms. The van der Waals surface area contributed by atoms with Crippen LogP contribution in [-0.2, 0) is 6.54 Å². The maximum absolute atomic E-state index is 11.0. The summed E-state index contributed by atoms with van der Waals surface area (Å²) in [5, 5.41) is 9.75. The van der Waals surface area contributed by atoms with Gasteiger partial charge in [0.25, 0.3) is 0 Å². The monoisotopic (exact) mass is 340 g/mol. The lowest BCUT2D eigenvalue weighted by Gasteiger charge is -2.15. The molecule has 1 aromatic heterocycles. The minimum absolute atomic E-state index is 0.302. The molecule has 0 saturated carbocycles. The zero-order valence-electron chi connectivity index (χ0n) is 10.6. The van der Waals surface area contributed by atoms with Crippen molar-refractivity contribution in [2.24, 2.45) is 0 Å². The molecule has 0 atom stereocenters. The Morgan fingerprint density at radius 1 is 1.53 bits per heavy atom. The summed E-state index contributed by atoms with van der Waals surface area (Å²) in [7, 11) is 1.91. The molecule has 0 aliphatic heterocycles. The number of aryl methyl sites for hydroxylation is 1. The molecule has 6 heteroatoms. The first-order chi connectivity index (χ1) is 8.97. The van der Waals surface area contributed by atoms with E-state index in [2.05, 4.69) is 20.9 Å². The number of hydrogen-bond acceptors (Lipinski definition) is 4. The zero-order valence-corrected chi connectivity index (χ0v) is 13.0. The molecule has 1 heterocycles. The minimum Gasteiger partial charge on any atom is -0.477 e. The Bertz CT molecular complexity index is 612. The normalized spacial score (nSPS) is 10.5. The molecule has 100 valence electrons. The van der Waals surface area contributed by atoms with Gasteiger partial charge in [0.15, 0.2) is 5.13 Å². The van der Waals surface area contributed by atoms with E-state index in [9.17, 15) is 4.79 Å². The van der Waals surface area contributed by atoms with Crippen LogP contribution in [0, 0.1) is 6.92 Å². The molecule has 0 spiro atoms. The van der Waals surface area contributed by atoms with Crippen molar-refractivity contribution in [3.8, 4) is 0 Å². The molecule has 1 aromatic carbocycles. The van der Waals surface area contributed by atoms with Crippen molar-refractivity contribution >= 4 is 38.4 Å². The van der Waals surface area contributed by atoms with E-state index in [0.29, 0.717) is 17.1 Å². The molecule has 0 unspecified atom stereocenters. The van der Waals surface area contributed by atoms with Gasteiger partial charge in [-0.1, -0.05) is 39.4 Å². The number of thiazole rings is 1. The van der Waals surface area contributed by atoms with Gasteiger partial charge in [-0.15, -0.1) is 0 Å². The lowest BCUT2D eigenvalue weighted by Crippen LogP contribution is -2.16. The first kappa shape index (κ1) is 14.0. The molecule has 2 aromatic rings. The van der Waals surface area contributed by atoms with E-state index in [1.807, 2.05) is 36.2 Å². The number of hydrogen-bond donors (Lipinski definition) is 1.